The quantitative estimate of drug-likeness (QED) is 0.328. The Morgan fingerprint density at radius 1 is 0.921 bits per heavy atom. The van der Waals surface area contributed by atoms with Crippen LogP contribution in [0, 0.1) is 5.92 Å². The van der Waals surface area contributed by atoms with Gasteiger partial charge in [0, 0.05) is 0 Å². The van der Waals surface area contributed by atoms with Crippen LogP contribution in [0.2, 0.25) is 0 Å². The number of carbonyl (C=O) groups excluding carboxylic acids is 2. The molecule has 10 heteroatoms. The van der Waals surface area contributed by atoms with Gasteiger partial charge in [0.1, 0.15) is 24.1 Å². The van der Waals surface area contributed by atoms with E-state index in [-0.39, 0.29) is 12.3 Å². The third-order valence-electron chi connectivity index (χ3n) is 5.70. The number of aliphatic hydroxyl groups is 2. The Morgan fingerprint density at radius 2 is 1.53 bits per heavy atom. The second-order valence-corrected chi connectivity index (χ2v) is 10.4. The van der Waals surface area contributed by atoms with Crippen LogP contribution in [0.4, 0.5) is 13.6 Å². The highest BCUT2D eigenvalue weighted by molar-refractivity contribution is 5.84. The van der Waals surface area contributed by atoms with Crippen molar-refractivity contribution in [3.8, 4) is 5.75 Å². The SMILES string of the molecule is CC(C)[C@@H](CO)NC(=O)C(F)(F)C(O)C(Cc1ccc(OCc2ccccc2)cc1)NC(=O)OC(C)(C)C. The van der Waals surface area contributed by atoms with Gasteiger partial charge in [0.05, 0.1) is 18.7 Å². The monoisotopic (exact) mass is 536 g/mol. The summed E-state index contributed by atoms with van der Waals surface area (Å²) in [6.07, 6.45) is -3.83. The van der Waals surface area contributed by atoms with Gasteiger partial charge < -0.3 is 30.3 Å². The van der Waals surface area contributed by atoms with E-state index >= 15 is 8.78 Å². The molecular formula is C28H38F2N2O6. The van der Waals surface area contributed by atoms with Crippen LogP contribution in [0.1, 0.15) is 45.7 Å². The summed E-state index contributed by atoms with van der Waals surface area (Å²) in [5.74, 6) is -5.81. The fraction of sp³-hybridized carbons (Fsp3) is 0.500. The molecule has 2 aromatic rings. The minimum absolute atomic E-state index is 0.226. The number of hydrogen-bond acceptors (Lipinski definition) is 6. The average molecular weight is 537 g/mol. The van der Waals surface area contributed by atoms with Crippen molar-refractivity contribution in [3.05, 3.63) is 65.7 Å². The summed E-state index contributed by atoms with van der Waals surface area (Å²) in [7, 11) is 0. The van der Waals surface area contributed by atoms with Crippen molar-refractivity contribution in [1.29, 1.82) is 0 Å². The summed E-state index contributed by atoms with van der Waals surface area (Å²) in [5.41, 5.74) is 0.564. The lowest BCUT2D eigenvalue weighted by Gasteiger charge is -2.32. The molecule has 0 aromatic heterocycles. The fourth-order valence-corrected chi connectivity index (χ4v) is 3.49. The molecule has 0 heterocycles. The first-order chi connectivity index (χ1) is 17.7. The summed E-state index contributed by atoms with van der Waals surface area (Å²) in [6.45, 7) is 7.91. The van der Waals surface area contributed by atoms with Gasteiger partial charge in [-0.05, 0) is 56.4 Å². The molecule has 2 aromatic carbocycles. The Balaban J connectivity index is 2.19. The summed E-state index contributed by atoms with van der Waals surface area (Å²) < 4.78 is 41.1. The van der Waals surface area contributed by atoms with E-state index < -0.39 is 48.3 Å². The number of rotatable bonds is 12. The lowest BCUT2D eigenvalue weighted by atomic mass is 9.96. The van der Waals surface area contributed by atoms with E-state index in [9.17, 15) is 19.8 Å². The fourth-order valence-electron chi connectivity index (χ4n) is 3.49. The summed E-state index contributed by atoms with van der Waals surface area (Å²) >= 11 is 0. The molecule has 3 atom stereocenters. The molecule has 2 amide bonds. The number of alkyl halides is 2. The molecule has 8 nitrogen and oxygen atoms in total. The van der Waals surface area contributed by atoms with Gasteiger partial charge >= 0.3 is 12.0 Å². The molecule has 0 aliphatic rings. The van der Waals surface area contributed by atoms with E-state index in [4.69, 9.17) is 9.47 Å². The molecule has 2 unspecified atom stereocenters. The van der Waals surface area contributed by atoms with E-state index in [0.717, 1.165) is 5.56 Å². The largest absolute Gasteiger partial charge is 0.489 e. The second-order valence-electron chi connectivity index (χ2n) is 10.4. The predicted octanol–water partition coefficient (Wildman–Crippen LogP) is 3.83. The topological polar surface area (TPSA) is 117 Å². The van der Waals surface area contributed by atoms with Crippen molar-refractivity contribution in [2.75, 3.05) is 6.61 Å². The summed E-state index contributed by atoms with van der Waals surface area (Å²) in [5, 5.41) is 24.4. The number of ether oxygens (including phenoxy) is 2. The van der Waals surface area contributed by atoms with Gasteiger partial charge in [-0.15, -0.1) is 0 Å². The van der Waals surface area contributed by atoms with Crippen molar-refractivity contribution in [2.24, 2.45) is 5.92 Å². The van der Waals surface area contributed by atoms with Gasteiger partial charge in [-0.3, -0.25) is 4.79 Å². The zero-order valence-electron chi connectivity index (χ0n) is 22.4. The maximum absolute atomic E-state index is 15.1. The number of halogens is 2. The third-order valence-corrected chi connectivity index (χ3v) is 5.70. The van der Waals surface area contributed by atoms with Gasteiger partial charge in [-0.25, -0.2) is 4.79 Å². The standard InChI is InChI=1S/C28H38F2N2O6/c1-18(2)23(16-33)31-25(35)28(29,30)24(34)22(32-26(36)38-27(3,4)5)15-19-11-13-21(14-12-19)37-17-20-9-7-6-8-10-20/h6-14,18,22-24,33-34H,15-17H2,1-5H3,(H,31,35)(H,32,36)/t22?,23-,24?/m1/s1. The van der Waals surface area contributed by atoms with Gasteiger partial charge in [0.2, 0.25) is 0 Å². The lowest BCUT2D eigenvalue weighted by molar-refractivity contribution is -0.168. The summed E-state index contributed by atoms with van der Waals surface area (Å²) in [6, 6.07) is 13.6. The van der Waals surface area contributed by atoms with Crippen LogP contribution in [0.15, 0.2) is 54.6 Å². The normalized spacial score (nSPS) is 14.4. The number of amides is 2. The molecule has 0 bridgehead atoms. The van der Waals surface area contributed by atoms with Gasteiger partial charge in [-0.1, -0.05) is 56.3 Å². The van der Waals surface area contributed by atoms with Crippen molar-refractivity contribution in [1.82, 2.24) is 10.6 Å². The van der Waals surface area contributed by atoms with Crippen LogP contribution in [-0.4, -0.2) is 58.5 Å². The second kappa shape index (κ2) is 13.5. The zero-order valence-corrected chi connectivity index (χ0v) is 22.4. The van der Waals surface area contributed by atoms with Crippen LogP contribution < -0.4 is 15.4 Å². The number of benzene rings is 2. The van der Waals surface area contributed by atoms with Crippen molar-refractivity contribution >= 4 is 12.0 Å². The van der Waals surface area contributed by atoms with Crippen LogP contribution in [0.3, 0.4) is 0 Å². The number of aliphatic hydroxyl groups excluding tert-OH is 2. The van der Waals surface area contributed by atoms with E-state index in [1.165, 1.54) is 0 Å². The Bertz CT molecular complexity index is 1030. The first kappa shape index (κ1) is 31.0. The molecule has 0 saturated carbocycles. The molecule has 0 aliphatic carbocycles. The highest BCUT2D eigenvalue weighted by Crippen LogP contribution is 2.25. The Labute approximate surface area is 222 Å². The molecule has 2 rings (SSSR count). The Morgan fingerprint density at radius 3 is 2.05 bits per heavy atom. The van der Waals surface area contributed by atoms with Crippen LogP contribution in [-0.2, 0) is 22.6 Å². The van der Waals surface area contributed by atoms with Crippen LogP contribution >= 0.6 is 0 Å². The van der Waals surface area contributed by atoms with E-state index in [1.54, 1.807) is 58.9 Å². The van der Waals surface area contributed by atoms with Gasteiger partial charge in [0.15, 0.2) is 0 Å². The number of nitrogens with one attached hydrogen (secondary N) is 2. The molecular weight excluding hydrogens is 498 g/mol. The first-order valence-electron chi connectivity index (χ1n) is 12.5. The molecule has 0 saturated heterocycles. The van der Waals surface area contributed by atoms with Crippen molar-refractivity contribution < 1.29 is 38.1 Å². The average Bonchev–Trinajstić information content (AvgIpc) is 2.85. The molecule has 4 N–H and O–H groups in total. The first-order valence-corrected chi connectivity index (χ1v) is 12.5. The van der Waals surface area contributed by atoms with Crippen molar-refractivity contribution in [2.45, 2.75) is 77.4 Å². The molecule has 38 heavy (non-hydrogen) atoms. The molecule has 0 radical (unpaired) electrons. The highest BCUT2D eigenvalue weighted by atomic mass is 19.3. The lowest BCUT2D eigenvalue weighted by Crippen LogP contribution is -2.60. The van der Waals surface area contributed by atoms with E-state index in [2.05, 4.69) is 10.6 Å². The van der Waals surface area contributed by atoms with E-state index in [1.807, 2.05) is 30.3 Å². The minimum atomic E-state index is -4.28. The predicted molar refractivity (Wildman–Crippen MR) is 139 cm³/mol. The Kier molecular flexibility index (Phi) is 11.0. The Hall–Kier alpha value is -3.24. The number of hydrogen-bond donors (Lipinski definition) is 4. The smallest absolute Gasteiger partial charge is 0.407 e. The highest BCUT2D eigenvalue weighted by Gasteiger charge is 2.51. The minimum Gasteiger partial charge on any atom is -0.489 e. The maximum Gasteiger partial charge on any atom is 0.407 e. The van der Waals surface area contributed by atoms with Gasteiger partial charge in [0.25, 0.3) is 5.91 Å². The van der Waals surface area contributed by atoms with Crippen LogP contribution in [0.25, 0.3) is 0 Å². The molecule has 0 aliphatic heterocycles. The maximum atomic E-state index is 15.1. The van der Waals surface area contributed by atoms with Crippen LogP contribution in [0.5, 0.6) is 5.75 Å². The van der Waals surface area contributed by atoms with E-state index in [0.29, 0.717) is 17.9 Å². The molecule has 0 spiro atoms. The van der Waals surface area contributed by atoms with Crippen molar-refractivity contribution in [3.63, 3.8) is 0 Å². The molecule has 0 fully saturated rings. The van der Waals surface area contributed by atoms with Gasteiger partial charge in [-0.2, -0.15) is 8.78 Å². The third kappa shape index (κ3) is 9.57. The summed E-state index contributed by atoms with van der Waals surface area (Å²) in [4.78, 5) is 24.8. The number of carbonyl (C=O) groups is 2. The zero-order chi connectivity index (χ0) is 28.5. The molecule has 210 valence electrons. The number of alkyl carbamates (subject to hydrolysis) is 1.